The predicted octanol–water partition coefficient (Wildman–Crippen LogP) is 6.33. The molecule has 212 valence electrons. The van der Waals surface area contributed by atoms with Crippen LogP contribution in [0.2, 0.25) is 18.1 Å². The Morgan fingerprint density at radius 3 is 2.21 bits per heavy atom. The molecule has 0 N–H and O–H groups in total. The first kappa shape index (κ1) is 30.0. The van der Waals surface area contributed by atoms with Crippen LogP contribution in [0.25, 0.3) is 5.82 Å². The van der Waals surface area contributed by atoms with E-state index < -0.39 is 13.9 Å². The molecule has 0 bridgehead atoms. The van der Waals surface area contributed by atoms with Crippen LogP contribution in [0.5, 0.6) is 5.75 Å². The van der Waals surface area contributed by atoms with Crippen molar-refractivity contribution in [3.8, 4) is 11.6 Å². The van der Waals surface area contributed by atoms with E-state index in [0.717, 1.165) is 28.6 Å². The van der Waals surface area contributed by atoms with Gasteiger partial charge in [-0.1, -0.05) is 20.8 Å². The molecule has 2 aromatic heterocycles. The largest absolute Gasteiger partial charge is 0.494 e. The number of ether oxygens (including phenoxy) is 2. The molecule has 2 atom stereocenters. The zero-order valence-corrected chi connectivity index (χ0v) is 26.5. The van der Waals surface area contributed by atoms with Gasteiger partial charge in [0.1, 0.15) is 17.2 Å². The number of rotatable bonds is 6. The first-order valence-electron chi connectivity index (χ1n) is 13.6. The van der Waals surface area contributed by atoms with E-state index in [2.05, 4.69) is 76.2 Å². The number of carbonyl (C=O) groups is 1. The Kier molecular flexibility index (Phi) is 8.63. The summed E-state index contributed by atoms with van der Waals surface area (Å²) in [4.78, 5) is 22.2. The topological polar surface area (TPSA) is 69.1 Å². The lowest BCUT2D eigenvalue weighted by molar-refractivity contribution is -0.00352. The molecule has 1 aliphatic heterocycles. The summed E-state index contributed by atoms with van der Waals surface area (Å²) in [5.41, 5.74) is 2.58. The highest BCUT2D eigenvalue weighted by atomic mass is 28.4. The minimum absolute atomic E-state index is 0.0596. The molecule has 2 aromatic rings. The summed E-state index contributed by atoms with van der Waals surface area (Å²) in [6.07, 6.45) is 1.41. The molecule has 0 spiro atoms. The normalized spacial score (nSPS) is 17.9. The number of amides is 1. The highest BCUT2D eigenvalue weighted by Gasteiger charge is 2.43. The van der Waals surface area contributed by atoms with Gasteiger partial charge in [0.25, 0.3) is 0 Å². The van der Waals surface area contributed by atoms with Gasteiger partial charge in [0.05, 0.1) is 31.1 Å². The van der Waals surface area contributed by atoms with Gasteiger partial charge in [-0.3, -0.25) is 4.90 Å². The molecule has 0 saturated carbocycles. The molecular weight excluding hydrogens is 496 g/mol. The minimum Gasteiger partial charge on any atom is -0.494 e. The molecule has 0 aliphatic carbocycles. The SMILES string of the molecule is COc1cc(-n2c(C)ccc2C)ncc1N1CCN(C(=O)OC(C)(C)C)[C@@H]([C@H](C)O[Si](C)(C)C(C)(C)C)C1. The van der Waals surface area contributed by atoms with Gasteiger partial charge in [-0.25, -0.2) is 9.78 Å². The predicted molar refractivity (Wildman–Crippen MR) is 156 cm³/mol. The van der Waals surface area contributed by atoms with Crippen molar-refractivity contribution in [1.29, 1.82) is 0 Å². The smallest absolute Gasteiger partial charge is 0.410 e. The van der Waals surface area contributed by atoms with Crippen LogP contribution in [0.4, 0.5) is 10.5 Å². The van der Waals surface area contributed by atoms with E-state index in [1.165, 1.54) is 0 Å². The lowest BCUT2D eigenvalue weighted by Gasteiger charge is -2.47. The number of anilines is 1. The average molecular weight is 545 g/mol. The standard InChI is InChI=1S/C29H48N4O4Si/c1-20-13-14-21(2)33(20)26-17-25(35-10)23(18-30-26)31-15-16-32(27(34)36-28(4,5)6)24(19-31)22(3)37-38(11,12)29(7,8)9/h13-14,17-18,22,24H,15-16,19H2,1-12H3/t22-,24+/m0/s1. The molecule has 1 aliphatic rings. The van der Waals surface area contributed by atoms with E-state index in [4.69, 9.17) is 18.9 Å². The van der Waals surface area contributed by atoms with Crippen molar-refractivity contribution in [2.24, 2.45) is 0 Å². The number of aryl methyl sites for hydroxylation is 2. The maximum absolute atomic E-state index is 13.3. The first-order chi connectivity index (χ1) is 17.4. The third-order valence-electron chi connectivity index (χ3n) is 7.77. The van der Waals surface area contributed by atoms with Gasteiger partial charge in [-0.05, 0) is 71.8 Å². The maximum Gasteiger partial charge on any atom is 0.410 e. The van der Waals surface area contributed by atoms with Gasteiger partial charge < -0.3 is 23.4 Å². The Labute approximate surface area is 230 Å². The van der Waals surface area contributed by atoms with Crippen LogP contribution >= 0.6 is 0 Å². The number of hydrogen-bond acceptors (Lipinski definition) is 6. The molecule has 0 radical (unpaired) electrons. The molecule has 1 saturated heterocycles. The summed E-state index contributed by atoms with van der Waals surface area (Å²) < 4.78 is 20.6. The van der Waals surface area contributed by atoms with Crippen molar-refractivity contribution in [2.75, 3.05) is 31.6 Å². The number of hydrogen-bond donors (Lipinski definition) is 0. The van der Waals surface area contributed by atoms with Gasteiger partial charge >= 0.3 is 6.09 Å². The number of carbonyl (C=O) groups excluding carboxylic acids is 1. The Balaban J connectivity index is 1.94. The fourth-order valence-electron chi connectivity index (χ4n) is 4.67. The highest BCUT2D eigenvalue weighted by molar-refractivity contribution is 6.74. The third kappa shape index (κ3) is 6.54. The second-order valence-electron chi connectivity index (χ2n) is 12.9. The van der Waals surface area contributed by atoms with Gasteiger partial charge in [0.2, 0.25) is 0 Å². The quantitative estimate of drug-likeness (QED) is 0.396. The van der Waals surface area contributed by atoms with Gasteiger partial charge in [0.15, 0.2) is 8.32 Å². The van der Waals surface area contributed by atoms with E-state index in [1.807, 2.05) is 37.9 Å². The summed E-state index contributed by atoms with van der Waals surface area (Å²) in [6, 6.07) is 5.97. The second kappa shape index (κ2) is 10.9. The van der Waals surface area contributed by atoms with Crippen LogP contribution in [-0.4, -0.2) is 73.4 Å². The van der Waals surface area contributed by atoms with Crippen LogP contribution in [0.15, 0.2) is 24.4 Å². The van der Waals surface area contributed by atoms with Crippen molar-refractivity contribution in [3.05, 3.63) is 35.8 Å². The number of nitrogens with zero attached hydrogens (tertiary/aromatic N) is 4. The van der Waals surface area contributed by atoms with Crippen molar-refractivity contribution < 1.29 is 18.7 Å². The van der Waals surface area contributed by atoms with Crippen molar-refractivity contribution >= 4 is 20.1 Å². The van der Waals surface area contributed by atoms with E-state index in [-0.39, 0.29) is 23.3 Å². The molecule has 1 amide bonds. The number of aromatic nitrogens is 2. The molecule has 0 unspecified atom stereocenters. The maximum atomic E-state index is 13.3. The van der Waals surface area contributed by atoms with E-state index in [9.17, 15) is 4.79 Å². The zero-order chi connectivity index (χ0) is 28.6. The molecular formula is C29H48N4O4Si. The van der Waals surface area contributed by atoms with Crippen LogP contribution in [0.1, 0.15) is 59.9 Å². The summed E-state index contributed by atoms with van der Waals surface area (Å²) in [5.74, 6) is 1.58. The van der Waals surface area contributed by atoms with Crippen molar-refractivity contribution in [3.63, 3.8) is 0 Å². The lowest BCUT2D eigenvalue weighted by atomic mass is 10.1. The van der Waals surface area contributed by atoms with Crippen LogP contribution in [0.3, 0.4) is 0 Å². The summed E-state index contributed by atoms with van der Waals surface area (Å²) >= 11 is 0. The van der Waals surface area contributed by atoms with Crippen LogP contribution in [-0.2, 0) is 9.16 Å². The Morgan fingerprint density at radius 1 is 1.08 bits per heavy atom. The average Bonchev–Trinajstić information content (AvgIpc) is 3.13. The van der Waals surface area contributed by atoms with E-state index in [1.54, 1.807) is 7.11 Å². The molecule has 8 nitrogen and oxygen atoms in total. The first-order valence-corrected chi connectivity index (χ1v) is 16.5. The molecule has 3 heterocycles. The fraction of sp³-hybridized carbons (Fsp3) is 0.655. The van der Waals surface area contributed by atoms with E-state index >= 15 is 0 Å². The second-order valence-corrected chi connectivity index (χ2v) is 17.7. The molecule has 9 heteroatoms. The Bertz CT molecular complexity index is 1110. The number of pyridine rings is 1. The lowest BCUT2D eigenvalue weighted by Crippen LogP contribution is -2.61. The van der Waals surface area contributed by atoms with Gasteiger partial charge in [0, 0.05) is 37.1 Å². The summed E-state index contributed by atoms with van der Waals surface area (Å²) in [5, 5.41) is 0.0596. The van der Waals surface area contributed by atoms with Crippen molar-refractivity contribution in [1.82, 2.24) is 14.5 Å². The van der Waals surface area contributed by atoms with Gasteiger partial charge in [-0.2, -0.15) is 0 Å². The number of methoxy groups -OCH3 is 1. The van der Waals surface area contributed by atoms with Crippen LogP contribution < -0.4 is 9.64 Å². The summed E-state index contributed by atoms with van der Waals surface area (Å²) in [7, 11) is -0.378. The monoisotopic (exact) mass is 544 g/mol. The number of piperazine rings is 1. The molecule has 0 aromatic carbocycles. The summed E-state index contributed by atoms with van der Waals surface area (Å²) in [6.45, 7) is 24.9. The Morgan fingerprint density at radius 2 is 1.68 bits per heavy atom. The zero-order valence-electron chi connectivity index (χ0n) is 25.5. The fourth-order valence-corrected chi connectivity index (χ4v) is 6.11. The highest BCUT2D eigenvalue weighted by Crippen LogP contribution is 2.39. The van der Waals surface area contributed by atoms with Crippen molar-refractivity contribution in [2.45, 2.75) is 98.2 Å². The third-order valence-corrected chi connectivity index (χ3v) is 12.3. The van der Waals surface area contributed by atoms with Gasteiger partial charge in [-0.15, -0.1) is 0 Å². The molecule has 38 heavy (non-hydrogen) atoms. The van der Waals surface area contributed by atoms with Crippen LogP contribution in [0, 0.1) is 13.8 Å². The Hall–Kier alpha value is -2.52. The molecule has 1 fully saturated rings. The minimum atomic E-state index is -2.07. The van der Waals surface area contributed by atoms with E-state index in [0.29, 0.717) is 19.6 Å². The molecule has 3 rings (SSSR count).